The van der Waals surface area contributed by atoms with Crippen LogP contribution >= 0.6 is 34.7 Å². The lowest BCUT2D eigenvalue weighted by atomic mass is 10.0. The van der Waals surface area contributed by atoms with E-state index < -0.39 is 5.97 Å². The minimum absolute atomic E-state index is 0.0834. The number of amides is 1. The first-order valence-corrected chi connectivity index (χ1v) is 13.7. The predicted octanol–water partition coefficient (Wildman–Crippen LogP) is 6.26. The number of aromatic nitrogens is 3. The van der Waals surface area contributed by atoms with Gasteiger partial charge in [0.2, 0.25) is 5.91 Å². The second-order valence-electron chi connectivity index (χ2n) is 7.67. The molecule has 192 valence electrons. The highest BCUT2D eigenvalue weighted by Crippen LogP contribution is 2.37. The molecule has 0 saturated heterocycles. The Morgan fingerprint density at radius 3 is 2.54 bits per heavy atom. The number of para-hydroxylation sites is 1. The Morgan fingerprint density at radius 2 is 1.84 bits per heavy atom. The van der Waals surface area contributed by atoms with Crippen LogP contribution in [0.2, 0.25) is 5.02 Å². The fourth-order valence-corrected chi connectivity index (χ4v) is 5.60. The number of thiophene rings is 1. The molecule has 37 heavy (non-hydrogen) atoms. The van der Waals surface area contributed by atoms with Gasteiger partial charge in [0.25, 0.3) is 0 Å². The Balaban J connectivity index is 1.51. The third-order valence-electron chi connectivity index (χ3n) is 5.38. The first kappa shape index (κ1) is 26.7. The summed E-state index contributed by atoms with van der Waals surface area (Å²) in [6, 6.07) is 14.8. The summed E-state index contributed by atoms with van der Waals surface area (Å²) < 4.78 is 12.7. The van der Waals surface area contributed by atoms with Crippen LogP contribution in [0.5, 0.6) is 5.75 Å². The quantitative estimate of drug-likeness (QED) is 0.182. The number of hydrogen-bond donors (Lipinski definition) is 1. The molecule has 0 bridgehead atoms. The van der Waals surface area contributed by atoms with E-state index in [9.17, 15) is 9.59 Å². The van der Waals surface area contributed by atoms with Crippen LogP contribution in [-0.2, 0) is 16.1 Å². The van der Waals surface area contributed by atoms with Gasteiger partial charge in [-0.3, -0.25) is 4.79 Å². The molecule has 0 spiro atoms. The fourth-order valence-electron chi connectivity index (χ4n) is 3.70. The van der Waals surface area contributed by atoms with E-state index >= 15 is 0 Å². The van der Waals surface area contributed by atoms with Crippen molar-refractivity contribution in [3.8, 4) is 28.3 Å². The van der Waals surface area contributed by atoms with E-state index in [4.69, 9.17) is 21.1 Å². The SMILES string of the molecule is CCOc1ccccc1-c1nnc(SCC(=O)Nc2scc(-c3ccc(Cl)cc3)c2C(=O)OC)n1CC. The molecule has 0 radical (unpaired) electrons. The van der Waals surface area contributed by atoms with Crippen molar-refractivity contribution in [3.63, 3.8) is 0 Å². The van der Waals surface area contributed by atoms with Crippen molar-refractivity contribution in [2.45, 2.75) is 25.5 Å². The summed E-state index contributed by atoms with van der Waals surface area (Å²) in [4.78, 5) is 25.5. The van der Waals surface area contributed by atoms with Gasteiger partial charge in [0.05, 0.1) is 25.0 Å². The van der Waals surface area contributed by atoms with Gasteiger partial charge in [-0.2, -0.15) is 0 Å². The number of anilines is 1. The summed E-state index contributed by atoms with van der Waals surface area (Å²) >= 11 is 8.53. The number of rotatable bonds is 10. The number of nitrogens with zero attached hydrogens (tertiary/aromatic N) is 3. The number of ether oxygens (including phenoxy) is 2. The molecule has 11 heteroatoms. The summed E-state index contributed by atoms with van der Waals surface area (Å²) in [5, 5.41) is 15.0. The topological polar surface area (TPSA) is 95.3 Å². The Kier molecular flexibility index (Phi) is 8.86. The minimum atomic E-state index is -0.530. The Labute approximate surface area is 228 Å². The Bertz CT molecular complexity index is 1400. The number of esters is 1. The van der Waals surface area contributed by atoms with Gasteiger partial charge in [0, 0.05) is 22.5 Å². The standard InChI is InChI=1S/C26H25ClN4O4S2/c1-4-31-23(18-8-6-7-9-20(18)35-5-2)29-30-26(31)37-15-21(32)28-24-22(25(33)34-3)19(14-36-24)16-10-12-17(27)13-11-16/h6-14H,4-5,15H2,1-3H3,(H,28,32). The number of halogens is 1. The lowest BCUT2D eigenvalue weighted by molar-refractivity contribution is -0.113. The fraction of sp³-hybridized carbons (Fsp3) is 0.231. The normalized spacial score (nSPS) is 10.8. The van der Waals surface area contributed by atoms with E-state index in [2.05, 4.69) is 15.5 Å². The van der Waals surface area contributed by atoms with E-state index in [1.54, 1.807) is 12.1 Å². The zero-order chi connectivity index (χ0) is 26.4. The molecule has 4 aromatic rings. The van der Waals surface area contributed by atoms with Gasteiger partial charge in [-0.25, -0.2) is 4.79 Å². The molecule has 0 aliphatic rings. The molecule has 0 unspecified atom stereocenters. The van der Waals surface area contributed by atoms with Crippen LogP contribution < -0.4 is 10.1 Å². The molecular formula is C26H25ClN4O4S2. The summed E-state index contributed by atoms with van der Waals surface area (Å²) in [6.07, 6.45) is 0. The molecule has 1 amide bonds. The van der Waals surface area contributed by atoms with E-state index in [-0.39, 0.29) is 11.7 Å². The molecule has 0 aliphatic carbocycles. The molecule has 2 heterocycles. The number of benzene rings is 2. The number of carbonyl (C=O) groups is 2. The number of methoxy groups -OCH3 is 1. The van der Waals surface area contributed by atoms with Gasteiger partial charge in [0.1, 0.15) is 16.3 Å². The first-order chi connectivity index (χ1) is 18.0. The van der Waals surface area contributed by atoms with Gasteiger partial charge < -0.3 is 19.4 Å². The van der Waals surface area contributed by atoms with Crippen molar-refractivity contribution in [1.82, 2.24) is 14.8 Å². The zero-order valence-electron chi connectivity index (χ0n) is 20.5. The highest BCUT2D eigenvalue weighted by atomic mass is 35.5. The second-order valence-corrected chi connectivity index (χ2v) is 9.93. The number of hydrogen-bond acceptors (Lipinski definition) is 8. The van der Waals surface area contributed by atoms with Gasteiger partial charge in [-0.1, -0.05) is 47.6 Å². The highest BCUT2D eigenvalue weighted by molar-refractivity contribution is 7.99. The van der Waals surface area contributed by atoms with Crippen LogP contribution in [0.15, 0.2) is 59.1 Å². The van der Waals surface area contributed by atoms with Gasteiger partial charge >= 0.3 is 5.97 Å². The third-order valence-corrected chi connectivity index (χ3v) is 7.50. The number of thioether (sulfide) groups is 1. The van der Waals surface area contributed by atoms with E-state index in [0.29, 0.717) is 45.3 Å². The summed E-state index contributed by atoms with van der Waals surface area (Å²) in [7, 11) is 1.31. The van der Waals surface area contributed by atoms with Crippen molar-refractivity contribution in [2.75, 3.05) is 24.8 Å². The van der Waals surface area contributed by atoms with E-state index in [1.165, 1.54) is 30.2 Å². The molecule has 0 fully saturated rings. The van der Waals surface area contributed by atoms with Crippen molar-refractivity contribution in [1.29, 1.82) is 0 Å². The molecule has 0 saturated carbocycles. The second kappa shape index (κ2) is 12.3. The monoisotopic (exact) mass is 556 g/mol. The largest absolute Gasteiger partial charge is 0.493 e. The average Bonchev–Trinajstić information content (AvgIpc) is 3.52. The lowest BCUT2D eigenvalue weighted by Gasteiger charge is -2.11. The molecule has 0 aliphatic heterocycles. The number of nitrogens with one attached hydrogen (secondary N) is 1. The van der Waals surface area contributed by atoms with Crippen LogP contribution in [-0.4, -0.2) is 46.1 Å². The predicted molar refractivity (Wildman–Crippen MR) is 148 cm³/mol. The number of carbonyl (C=O) groups excluding carboxylic acids is 2. The molecule has 1 N–H and O–H groups in total. The Morgan fingerprint density at radius 1 is 1.08 bits per heavy atom. The lowest BCUT2D eigenvalue weighted by Crippen LogP contribution is -2.16. The van der Waals surface area contributed by atoms with Crippen LogP contribution in [0.3, 0.4) is 0 Å². The summed E-state index contributed by atoms with van der Waals surface area (Å²) in [5.74, 6) is 0.679. The van der Waals surface area contributed by atoms with Gasteiger partial charge in [0.15, 0.2) is 11.0 Å². The third kappa shape index (κ3) is 5.98. The van der Waals surface area contributed by atoms with Crippen LogP contribution in [0, 0.1) is 0 Å². The smallest absolute Gasteiger partial charge is 0.341 e. The Hall–Kier alpha value is -3.34. The molecule has 8 nitrogen and oxygen atoms in total. The van der Waals surface area contributed by atoms with Crippen LogP contribution in [0.25, 0.3) is 22.5 Å². The van der Waals surface area contributed by atoms with Crippen molar-refractivity contribution >= 4 is 51.6 Å². The average molecular weight is 557 g/mol. The maximum Gasteiger partial charge on any atom is 0.341 e. The molecule has 4 rings (SSSR count). The highest BCUT2D eigenvalue weighted by Gasteiger charge is 2.23. The molecule has 2 aromatic carbocycles. The van der Waals surface area contributed by atoms with E-state index in [1.807, 2.05) is 60.2 Å². The van der Waals surface area contributed by atoms with Gasteiger partial charge in [-0.15, -0.1) is 21.5 Å². The van der Waals surface area contributed by atoms with Crippen molar-refractivity contribution < 1.29 is 19.1 Å². The zero-order valence-corrected chi connectivity index (χ0v) is 22.9. The van der Waals surface area contributed by atoms with Crippen molar-refractivity contribution in [3.05, 3.63) is 64.5 Å². The maximum atomic E-state index is 12.9. The van der Waals surface area contributed by atoms with E-state index in [0.717, 1.165) is 16.9 Å². The first-order valence-electron chi connectivity index (χ1n) is 11.5. The van der Waals surface area contributed by atoms with Crippen molar-refractivity contribution in [2.24, 2.45) is 0 Å². The van der Waals surface area contributed by atoms with Gasteiger partial charge in [-0.05, 0) is 43.7 Å². The maximum absolute atomic E-state index is 12.9. The molecule has 0 atom stereocenters. The molecule has 2 aromatic heterocycles. The molecular weight excluding hydrogens is 532 g/mol. The van der Waals surface area contributed by atoms with Crippen LogP contribution in [0.1, 0.15) is 24.2 Å². The minimum Gasteiger partial charge on any atom is -0.493 e. The van der Waals surface area contributed by atoms with Crippen LogP contribution in [0.4, 0.5) is 5.00 Å². The summed E-state index contributed by atoms with van der Waals surface area (Å²) in [6.45, 7) is 5.08. The summed E-state index contributed by atoms with van der Waals surface area (Å²) in [5.41, 5.74) is 2.61.